The van der Waals surface area contributed by atoms with Gasteiger partial charge in [0.1, 0.15) is 0 Å². The third-order valence-corrected chi connectivity index (χ3v) is 1.39. The molecule has 0 aliphatic rings. The van der Waals surface area contributed by atoms with E-state index in [1.807, 2.05) is 0 Å². The Morgan fingerprint density at radius 2 is 2.14 bits per heavy atom. The average molecular weight is 210 g/mol. The molecule has 1 aromatic rings. The zero-order valence-corrected chi connectivity index (χ0v) is 6.89. The Kier molecular flexibility index (Phi) is 0.709. The summed E-state index contributed by atoms with van der Waals surface area (Å²) in [6.07, 6.45) is -2.69. The third kappa shape index (κ3) is 2.54. The first kappa shape index (κ1) is 2.43. The number of aliphatic hydroxyl groups is 1. The predicted octanol–water partition coefficient (Wildman–Crippen LogP) is 0.859. The summed E-state index contributed by atoms with van der Waals surface area (Å²) in [5, 5.41) is 15.0. The molecule has 14 heavy (non-hydrogen) atoms. The zero-order chi connectivity index (χ0) is 23.3. The fourth-order valence-corrected chi connectivity index (χ4v) is 0.718. The van der Waals surface area contributed by atoms with Gasteiger partial charge in [0.25, 0.3) is 0 Å². The van der Waals surface area contributed by atoms with Gasteiger partial charge in [-0.05, 0) is 20.6 Å². The molecule has 1 rings (SSSR count). The van der Waals surface area contributed by atoms with E-state index in [0.29, 0.717) is 0 Å². The van der Waals surface area contributed by atoms with Crippen LogP contribution in [0.3, 0.4) is 0 Å². The Morgan fingerprint density at radius 3 is 2.64 bits per heavy atom. The maximum atomic E-state index is 13.1. The van der Waals surface area contributed by atoms with E-state index in [-0.39, 0.29) is 0 Å². The van der Waals surface area contributed by atoms with Gasteiger partial charge < -0.3 is 15.4 Å². The molecular formula is C11H17NO2. The molecule has 0 fully saturated rings. The lowest BCUT2D eigenvalue weighted by Crippen LogP contribution is -3.15. The van der Waals surface area contributed by atoms with Crippen LogP contribution in [0.2, 0.25) is 0 Å². The molecule has 0 radical (unpaired) electrons. The SMILES string of the molecule is [2H]OC(c1c([2H])c([2H])c([2H])c([2H])c1[2H])[NH+]([O-])C(C([2H])([2H])[2H])(C([2H])([2H])[2H])C([2H])([2H])[2H]. The molecular weight excluding hydrogens is 178 g/mol. The van der Waals surface area contributed by atoms with Crippen LogP contribution in [0.4, 0.5) is 0 Å². The molecule has 0 bridgehead atoms. The van der Waals surface area contributed by atoms with Crippen molar-refractivity contribution in [2.24, 2.45) is 0 Å². The second-order valence-corrected chi connectivity index (χ2v) is 2.53. The average Bonchev–Trinajstić information content (AvgIpc) is 2.51. The van der Waals surface area contributed by atoms with Crippen LogP contribution in [0.1, 0.15) is 51.5 Å². The van der Waals surface area contributed by atoms with Crippen molar-refractivity contribution in [3.8, 4) is 0 Å². The molecule has 2 N–H and O–H groups in total. The number of quaternary nitrogens is 1. The smallest absolute Gasteiger partial charge is 0.217 e. The van der Waals surface area contributed by atoms with Gasteiger partial charge in [0.15, 0.2) is 0 Å². The Bertz CT molecular complexity index is 702. The highest BCUT2D eigenvalue weighted by Gasteiger charge is 2.25. The highest BCUT2D eigenvalue weighted by atomic mass is 16.5. The lowest BCUT2D eigenvalue weighted by molar-refractivity contribution is -0.952. The lowest BCUT2D eigenvalue weighted by Gasteiger charge is -2.38. The van der Waals surface area contributed by atoms with E-state index in [1.54, 1.807) is 0 Å². The summed E-state index contributed by atoms with van der Waals surface area (Å²) in [4.78, 5) is 0. The molecule has 1 aromatic carbocycles. The van der Waals surface area contributed by atoms with Crippen molar-refractivity contribution in [2.45, 2.75) is 32.3 Å². The minimum atomic E-state index is -4.05. The molecule has 2 atom stereocenters. The first-order chi connectivity index (χ1) is 12.8. The van der Waals surface area contributed by atoms with Crippen LogP contribution in [-0.2, 0) is 0 Å². The van der Waals surface area contributed by atoms with E-state index in [1.165, 1.54) is 0 Å². The molecule has 0 aromatic heterocycles. The van der Waals surface area contributed by atoms with E-state index in [0.717, 1.165) is 0 Å². The highest BCUT2D eigenvalue weighted by molar-refractivity contribution is 5.15. The largest absolute Gasteiger partial charge is 0.632 e. The van der Waals surface area contributed by atoms with Gasteiger partial charge in [-0.1, -0.05) is 30.2 Å². The van der Waals surface area contributed by atoms with Crippen LogP contribution in [-0.4, -0.2) is 12.1 Å². The van der Waals surface area contributed by atoms with Gasteiger partial charge in [-0.25, -0.2) is 0 Å². The van der Waals surface area contributed by atoms with Crippen molar-refractivity contribution in [3.05, 3.63) is 41.0 Å². The van der Waals surface area contributed by atoms with Crippen molar-refractivity contribution in [1.29, 1.82) is 1.43 Å². The van der Waals surface area contributed by atoms with Crippen molar-refractivity contribution < 1.29 is 29.4 Å². The normalized spacial score (nSPS) is 34.5. The number of hydrogen-bond donors (Lipinski definition) is 2. The summed E-state index contributed by atoms with van der Waals surface area (Å²) in [5.41, 5.74) is -5.10. The maximum absolute atomic E-state index is 13.1. The summed E-state index contributed by atoms with van der Waals surface area (Å²) in [5.74, 6) is 0. The standard InChI is InChI=1S/C11H17NO2/c1-11(2,3)12(14)10(13)9-7-5-4-6-8-9/h4-8,10,12-13H,1-3H3/i1D3,2D3,3D3,4D,5D,6D,7D,8D,13D. The van der Waals surface area contributed by atoms with Crippen molar-refractivity contribution >= 4 is 0 Å². The number of hydrogen-bond acceptors (Lipinski definition) is 2. The monoisotopic (exact) mass is 210 g/mol. The Labute approximate surface area is 106 Å². The second-order valence-electron chi connectivity index (χ2n) is 2.53. The van der Waals surface area contributed by atoms with Gasteiger partial charge in [0.05, 0.1) is 12.4 Å². The van der Waals surface area contributed by atoms with Crippen LogP contribution in [0.5, 0.6) is 0 Å². The molecule has 0 amide bonds. The first-order valence-electron chi connectivity index (χ1n) is 10.9. The van der Waals surface area contributed by atoms with E-state index in [9.17, 15) is 5.21 Å². The van der Waals surface area contributed by atoms with Crippen molar-refractivity contribution in [1.82, 2.24) is 0 Å². The van der Waals surface area contributed by atoms with Gasteiger partial charge in [-0.2, -0.15) is 0 Å². The van der Waals surface area contributed by atoms with E-state index < -0.39 is 73.2 Å². The summed E-state index contributed by atoms with van der Waals surface area (Å²) in [6.45, 7) is -11.9. The number of hydroxylamine groups is 2. The molecule has 0 heterocycles. The molecule has 3 nitrogen and oxygen atoms in total. The van der Waals surface area contributed by atoms with E-state index in [2.05, 4.69) is 5.11 Å². The summed E-state index contributed by atoms with van der Waals surface area (Å²) < 4.78 is 113. The third-order valence-electron chi connectivity index (χ3n) is 1.39. The topological polar surface area (TPSA) is 47.7 Å². The molecule has 0 spiro atoms. The second kappa shape index (κ2) is 4.09. The fraction of sp³-hybridized carbons (Fsp3) is 0.455. The fourth-order valence-electron chi connectivity index (χ4n) is 0.718. The molecule has 0 aliphatic carbocycles. The van der Waals surface area contributed by atoms with E-state index >= 15 is 0 Å². The Morgan fingerprint density at radius 1 is 1.50 bits per heavy atom. The number of nitrogens with one attached hydrogen (secondary N) is 1. The summed E-state index contributed by atoms with van der Waals surface area (Å²) in [6, 6.07) is -4.97. The van der Waals surface area contributed by atoms with Crippen LogP contribution in [0, 0.1) is 5.21 Å². The minimum Gasteiger partial charge on any atom is -0.632 e. The minimum absolute atomic E-state index is 0.881. The quantitative estimate of drug-likeness (QED) is 0.574. The maximum Gasteiger partial charge on any atom is 0.217 e. The molecule has 0 saturated heterocycles. The lowest BCUT2D eigenvalue weighted by atomic mass is 10.1. The summed E-state index contributed by atoms with van der Waals surface area (Å²) in [7, 11) is 0. The Hall–Kier alpha value is -0.900. The van der Waals surface area contributed by atoms with Gasteiger partial charge in [0, 0.05) is 17.9 Å². The number of aliphatic hydroxyl groups excluding tert-OH is 1. The van der Waals surface area contributed by atoms with Gasteiger partial charge >= 0.3 is 0 Å². The highest BCUT2D eigenvalue weighted by Crippen LogP contribution is 2.08. The van der Waals surface area contributed by atoms with Crippen LogP contribution < -0.4 is 5.06 Å². The zero-order valence-electron chi connectivity index (χ0n) is 21.9. The van der Waals surface area contributed by atoms with Crippen LogP contribution >= 0.6 is 0 Å². The van der Waals surface area contributed by atoms with Crippen LogP contribution in [0.25, 0.3) is 0 Å². The number of rotatable bonds is 3. The molecule has 0 saturated carbocycles. The van der Waals surface area contributed by atoms with Crippen molar-refractivity contribution in [2.75, 3.05) is 0 Å². The van der Waals surface area contributed by atoms with Gasteiger partial charge in [0.2, 0.25) is 7.66 Å². The van der Waals surface area contributed by atoms with Crippen LogP contribution in [0.15, 0.2) is 30.2 Å². The number of benzene rings is 1. The summed E-state index contributed by atoms with van der Waals surface area (Å²) >= 11 is 0. The van der Waals surface area contributed by atoms with Crippen molar-refractivity contribution in [3.63, 3.8) is 0 Å². The first-order valence-corrected chi connectivity index (χ1v) is 3.52. The molecule has 0 aliphatic heterocycles. The molecule has 3 heteroatoms. The molecule has 78 valence electrons. The van der Waals surface area contributed by atoms with Gasteiger partial charge in [-0.3, -0.25) is 0 Å². The molecule has 2 unspecified atom stereocenters. The van der Waals surface area contributed by atoms with E-state index in [4.69, 9.17) is 20.6 Å². The van der Waals surface area contributed by atoms with Gasteiger partial charge in [-0.15, -0.1) is 0 Å². The predicted molar refractivity (Wildman–Crippen MR) is 55.5 cm³/mol. The Balaban J connectivity index is 3.99.